The summed E-state index contributed by atoms with van der Waals surface area (Å²) in [6, 6.07) is 6.12. The molecule has 0 saturated carbocycles. The highest BCUT2D eigenvalue weighted by Gasteiger charge is 2.29. The van der Waals surface area contributed by atoms with Gasteiger partial charge in [-0.15, -0.1) is 0 Å². The van der Waals surface area contributed by atoms with Crippen molar-refractivity contribution in [2.75, 3.05) is 37.7 Å². The van der Waals surface area contributed by atoms with Crippen LogP contribution in [0.3, 0.4) is 0 Å². The number of carbonyl (C=O) groups excluding carboxylic acids is 2. The van der Waals surface area contributed by atoms with Gasteiger partial charge in [-0.1, -0.05) is 12.1 Å². The smallest absolute Gasteiger partial charge is 0.308 e. The van der Waals surface area contributed by atoms with E-state index in [4.69, 9.17) is 5.11 Å². The number of para-hydroxylation sites is 1. The van der Waals surface area contributed by atoms with Crippen LogP contribution in [0.4, 0.5) is 5.69 Å². The molecule has 1 fully saturated rings. The Morgan fingerprint density at radius 3 is 2.59 bits per heavy atom. The summed E-state index contributed by atoms with van der Waals surface area (Å²) in [5.41, 5.74) is 0.258. The van der Waals surface area contributed by atoms with Crippen LogP contribution in [0.1, 0.15) is 23.2 Å². The summed E-state index contributed by atoms with van der Waals surface area (Å²) >= 11 is 0. The van der Waals surface area contributed by atoms with E-state index in [-0.39, 0.29) is 30.2 Å². The van der Waals surface area contributed by atoms with Gasteiger partial charge in [0.25, 0.3) is 5.91 Å². The van der Waals surface area contributed by atoms with E-state index in [2.05, 4.69) is 4.72 Å². The lowest BCUT2D eigenvalue weighted by Crippen LogP contribution is -2.47. The zero-order valence-corrected chi connectivity index (χ0v) is 16.0. The SMILES string of the molecule is CN(CC(=O)N1CCCC(C(=O)O)C1)C(=O)c1ccccc1NS(C)(=O)=O. The highest BCUT2D eigenvalue weighted by atomic mass is 32.2. The molecule has 10 heteroatoms. The average Bonchev–Trinajstić information content (AvgIpc) is 2.60. The highest BCUT2D eigenvalue weighted by Crippen LogP contribution is 2.19. The van der Waals surface area contributed by atoms with Crippen LogP contribution >= 0.6 is 0 Å². The molecule has 27 heavy (non-hydrogen) atoms. The van der Waals surface area contributed by atoms with Gasteiger partial charge in [0.05, 0.1) is 30.0 Å². The van der Waals surface area contributed by atoms with Gasteiger partial charge in [0.2, 0.25) is 15.9 Å². The highest BCUT2D eigenvalue weighted by molar-refractivity contribution is 7.92. The predicted octanol–water partition coefficient (Wildman–Crippen LogP) is 0.453. The number of carboxylic acids is 1. The Morgan fingerprint density at radius 2 is 1.96 bits per heavy atom. The summed E-state index contributed by atoms with van der Waals surface area (Å²) in [7, 11) is -2.12. The normalized spacial score (nSPS) is 17.3. The second-order valence-corrected chi connectivity index (χ2v) is 8.35. The number of nitrogens with zero attached hydrogens (tertiary/aromatic N) is 2. The number of nitrogens with one attached hydrogen (secondary N) is 1. The first-order valence-corrected chi connectivity index (χ1v) is 10.3. The average molecular weight is 397 g/mol. The largest absolute Gasteiger partial charge is 0.481 e. The number of benzene rings is 1. The molecule has 1 heterocycles. The fraction of sp³-hybridized carbons (Fsp3) is 0.471. The second-order valence-electron chi connectivity index (χ2n) is 6.60. The first-order chi connectivity index (χ1) is 12.6. The van der Waals surface area contributed by atoms with Crippen molar-refractivity contribution < 1.29 is 27.9 Å². The van der Waals surface area contributed by atoms with Gasteiger partial charge in [-0.3, -0.25) is 19.1 Å². The maximum Gasteiger partial charge on any atom is 0.308 e. The van der Waals surface area contributed by atoms with Crippen molar-refractivity contribution in [2.45, 2.75) is 12.8 Å². The molecular formula is C17H23N3O6S. The molecule has 2 amide bonds. The Labute approximate surface area is 158 Å². The number of carboxylic acid groups (broad SMARTS) is 1. The van der Waals surface area contributed by atoms with Gasteiger partial charge in [-0.05, 0) is 25.0 Å². The molecule has 1 aromatic carbocycles. The molecule has 1 aliphatic rings. The van der Waals surface area contributed by atoms with E-state index in [0.29, 0.717) is 19.4 Å². The van der Waals surface area contributed by atoms with Crippen LogP contribution in [0.25, 0.3) is 0 Å². The molecule has 148 valence electrons. The Bertz CT molecular complexity index is 839. The van der Waals surface area contributed by atoms with Crippen LogP contribution in [-0.4, -0.2) is 74.0 Å². The molecule has 0 radical (unpaired) electrons. The minimum absolute atomic E-state index is 0.125. The topological polar surface area (TPSA) is 124 Å². The maximum absolute atomic E-state index is 12.7. The number of rotatable bonds is 6. The van der Waals surface area contributed by atoms with Crippen molar-refractivity contribution in [3.8, 4) is 0 Å². The molecular weight excluding hydrogens is 374 g/mol. The molecule has 2 N–H and O–H groups in total. The third kappa shape index (κ3) is 5.68. The summed E-state index contributed by atoms with van der Waals surface area (Å²) in [6.45, 7) is 0.359. The molecule has 1 unspecified atom stereocenters. The Morgan fingerprint density at radius 1 is 1.30 bits per heavy atom. The van der Waals surface area contributed by atoms with Crippen molar-refractivity contribution in [3.63, 3.8) is 0 Å². The summed E-state index contributed by atoms with van der Waals surface area (Å²) < 4.78 is 25.2. The number of aliphatic carboxylic acids is 1. The van der Waals surface area contributed by atoms with E-state index in [1.165, 1.54) is 29.0 Å². The molecule has 0 aromatic heterocycles. The molecule has 1 aromatic rings. The number of carbonyl (C=O) groups is 3. The molecule has 1 atom stereocenters. The first-order valence-electron chi connectivity index (χ1n) is 8.41. The number of sulfonamides is 1. The Balaban J connectivity index is 2.08. The summed E-state index contributed by atoms with van der Waals surface area (Å²) in [4.78, 5) is 38.9. The molecule has 0 spiro atoms. The quantitative estimate of drug-likeness (QED) is 0.718. The van der Waals surface area contributed by atoms with Crippen molar-refractivity contribution in [3.05, 3.63) is 29.8 Å². The molecule has 0 aliphatic carbocycles. The van der Waals surface area contributed by atoms with Crippen molar-refractivity contribution >= 4 is 33.5 Å². The molecule has 0 bridgehead atoms. The molecule has 1 aliphatic heterocycles. The van der Waals surface area contributed by atoms with Crippen molar-refractivity contribution in [2.24, 2.45) is 5.92 Å². The predicted molar refractivity (Wildman–Crippen MR) is 98.8 cm³/mol. The van der Waals surface area contributed by atoms with E-state index in [0.717, 1.165) is 6.26 Å². The minimum Gasteiger partial charge on any atom is -0.481 e. The van der Waals surface area contributed by atoms with Crippen molar-refractivity contribution in [1.29, 1.82) is 0 Å². The van der Waals surface area contributed by atoms with Gasteiger partial charge in [-0.2, -0.15) is 0 Å². The Kier molecular flexibility index (Phi) is 6.42. The summed E-state index contributed by atoms with van der Waals surface area (Å²) in [5.74, 6) is -2.38. The summed E-state index contributed by atoms with van der Waals surface area (Å²) in [5, 5.41) is 9.12. The number of likely N-dealkylation sites (tertiary alicyclic amines) is 1. The number of hydrogen-bond acceptors (Lipinski definition) is 5. The van der Waals surface area contributed by atoms with Crippen LogP contribution in [0.2, 0.25) is 0 Å². The number of amides is 2. The zero-order chi connectivity index (χ0) is 20.2. The standard InChI is InChI=1S/C17H23N3O6S/c1-19(11-15(21)20-9-5-6-12(10-20)17(23)24)16(22)13-7-3-4-8-14(13)18-27(2,25)26/h3-4,7-8,12,18H,5-6,9-11H2,1-2H3,(H,23,24). The molecule has 1 saturated heterocycles. The van der Waals surface area contributed by atoms with Gasteiger partial charge in [0, 0.05) is 20.1 Å². The van der Waals surface area contributed by atoms with Crippen LogP contribution in [0.15, 0.2) is 24.3 Å². The van der Waals surface area contributed by atoms with Crippen molar-refractivity contribution in [1.82, 2.24) is 9.80 Å². The number of likely N-dealkylation sites (N-methyl/N-ethyl adjacent to an activating group) is 1. The molecule has 9 nitrogen and oxygen atoms in total. The molecule has 2 rings (SSSR count). The maximum atomic E-state index is 12.7. The number of anilines is 1. The van der Waals surface area contributed by atoms with Crippen LogP contribution < -0.4 is 4.72 Å². The van der Waals surface area contributed by atoms with Crippen LogP contribution in [0.5, 0.6) is 0 Å². The third-order valence-corrected chi connectivity index (χ3v) is 4.89. The summed E-state index contributed by atoms with van der Waals surface area (Å²) in [6.07, 6.45) is 2.11. The lowest BCUT2D eigenvalue weighted by Gasteiger charge is -2.32. The van der Waals surface area contributed by atoms with E-state index < -0.39 is 27.8 Å². The van der Waals surface area contributed by atoms with E-state index >= 15 is 0 Å². The van der Waals surface area contributed by atoms with Crippen LogP contribution in [0, 0.1) is 5.92 Å². The van der Waals surface area contributed by atoms with E-state index in [1.54, 1.807) is 12.1 Å². The van der Waals surface area contributed by atoms with Crippen LogP contribution in [-0.2, 0) is 19.6 Å². The zero-order valence-electron chi connectivity index (χ0n) is 15.2. The fourth-order valence-corrected chi connectivity index (χ4v) is 3.52. The fourth-order valence-electron chi connectivity index (χ4n) is 2.94. The van der Waals surface area contributed by atoms with Gasteiger partial charge in [-0.25, -0.2) is 8.42 Å². The van der Waals surface area contributed by atoms with Gasteiger partial charge in [0.1, 0.15) is 0 Å². The lowest BCUT2D eigenvalue weighted by molar-refractivity contribution is -0.145. The number of hydrogen-bond donors (Lipinski definition) is 2. The Hall–Kier alpha value is -2.62. The van der Waals surface area contributed by atoms with Gasteiger partial charge in [0.15, 0.2) is 0 Å². The number of piperidine rings is 1. The van der Waals surface area contributed by atoms with E-state index in [9.17, 15) is 22.8 Å². The first kappa shape index (κ1) is 20.7. The van der Waals surface area contributed by atoms with E-state index in [1.807, 2.05) is 0 Å². The minimum atomic E-state index is -3.56. The lowest BCUT2D eigenvalue weighted by atomic mass is 9.98. The van der Waals surface area contributed by atoms with Gasteiger partial charge >= 0.3 is 5.97 Å². The monoisotopic (exact) mass is 397 g/mol. The van der Waals surface area contributed by atoms with Gasteiger partial charge < -0.3 is 14.9 Å². The third-order valence-electron chi connectivity index (χ3n) is 4.30. The second kappa shape index (κ2) is 8.38.